The maximum atomic E-state index is 11.9. The third-order valence-electron chi connectivity index (χ3n) is 2.66. The van der Waals surface area contributed by atoms with Gasteiger partial charge < -0.3 is 4.57 Å². The van der Waals surface area contributed by atoms with Gasteiger partial charge in [0.25, 0.3) is 5.56 Å². The normalized spacial score (nSPS) is 10.8. The molecule has 0 aliphatic heterocycles. The standard InChI is InChI=1S/C13H15N3O/c1-9(2)11-7-10(8-16(3)13(11)17)12-14-5-4-6-15-12/h4-9H,1-3H3. The molecule has 0 fully saturated rings. The fraction of sp³-hybridized carbons (Fsp3) is 0.308. The topological polar surface area (TPSA) is 47.8 Å². The molecule has 0 aromatic carbocycles. The van der Waals surface area contributed by atoms with Gasteiger partial charge in [0.2, 0.25) is 0 Å². The molecule has 0 atom stereocenters. The lowest BCUT2D eigenvalue weighted by molar-refractivity contribution is 0.781. The van der Waals surface area contributed by atoms with Gasteiger partial charge in [0, 0.05) is 36.8 Å². The minimum atomic E-state index is 0.0414. The summed E-state index contributed by atoms with van der Waals surface area (Å²) in [5.41, 5.74) is 1.70. The molecular formula is C13H15N3O. The van der Waals surface area contributed by atoms with E-state index in [1.54, 1.807) is 36.3 Å². The van der Waals surface area contributed by atoms with Gasteiger partial charge in [0.05, 0.1) is 0 Å². The van der Waals surface area contributed by atoms with Crippen LogP contribution in [0, 0.1) is 0 Å². The van der Waals surface area contributed by atoms with Gasteiger partial charge in [0.1, 0.15) is 0 Å². The first-order valence-electron chi connectivity index (χ1n) is 5.57. The SMILES string of the molecule is CC(C)c1cc(-c2ncccn2)cn(C)c1=O. The third kappa shape index (κ3) is 2.25. The van der Waals surface area contributed by atoms with E-state index in [1.165, 1.54) is 0 Å². The number of pyridine rings is 1. The zero-order chi connectivity index (χ0) is 12.4. The number of aromatic nitrogens is 3. The van der Waals surface area contributed by atoms with Gasteiger partial charge in [-0.3, -0.25) is 4.79 Å². The van der Waals surface area contributed by atoms with E-state index in [0.29, 0.717) is 5.82 Å². The lowest BCUT2D eigenvalue weighted by atomic mass is 10.0. The van der Waals surface area contributed by atoms with Crippen LogP contribution in [0.4, 0.5) is 0 Å². The van der Waals surface area contributed by atoms with Gasteiger partial charge in [-0.2, -0.15) is 0 Å². The van der Waals surface area contributed by atoms with Crippen molar-refractivity contribution in [1.82, 2.24) is 14.5 Å². The summed E-state index contributed by atoms with van der Waals surface area (Å²) in [7, 11) is 1.75. The molecule has 0 aliphatic rings. The highest BCUT2D eigenvalue weighted by atomic mass is 16.1. The number of rotatable bonds is 2. The molecule has 0 N–H and O–H groups in total. The highest BCUT2D eigenvalue weighted by Gasteiger charge is 2.10. The molecule has 0 spiro atoms. The second kappa shape index (κ2) is 4.49. The molecule has 88 valence electrons. The summed E-state index contributed by atoms with van der Waals surface area (Å²) >= 11 is 0. The number of hydrogen-bond acceptors (Lipinski definition) is 3. The van der Waals surface area contributed by atoms with Crippen LogP contribution in [0.25, 0.3) is 11.4 Å². The van der Waals surface area contributed by atoms with Crippen LogP contribution in [0.1, 0.15) is 25.3 Å². The predicted molar refractivity (Wildman–Crippen MR) is 66.8 cm³/mol. The molecule has 0 radical (unpaired) electrons. The van der Waals surface area contributed by atoms with Crippen LogP contribution < -0.4 is 5.56 Å². The molecule has 0 saturated carbocycles. The molecule has 0 aliphatic carbocycles. The maximum Gasteiger partial charge on any atom is 0.253 e. The average Bonchev–Trinajstić information content (AvgIpc) is 2.33. The number of nitrogens with zero attached hydrogens (tertiary/aromatic N) is 3. The summed E-state index contributed by atoms with van der Waals surface area (Å²) < 4.78 is 1.58. The third-order valence-corrected chi connectivity index (χ3v) is 2.66. The van der Waals surface area contributed by atoms with E-state index in [1.807, 2.05) is 19.9 Å². The fourth-order valence-electron chi connectivity index (χ4n) is 1.72. The molecule has 2 rings (SSSR count). The van der Waals surface area contributed by atoms with Crippen molar-refractivity contribution in [2.45, 2.75) is 19.8 Å². The zero-order valence-electron chi connectivity index (χ0n) is 10.2. The molecular weight excluding hydrogens is 214 g/mol. The lowest BCUT2D eigenvalue weighted by Gasteiger charge is -2.09. The van der Waals surface area contributed by atoms with E-state index in [9.17, 15) is 4.79 Å². The van der Waals surface area contributed by atoms with Crippen molar-refractivity contribution < 1.29 is 0 Å². The van der Waals surface area contributed by atoms with E-state index < -0.39 is 0 Å². The first kappa shape index (κ1) is 11.5. The van der Waals surface area contributed by atoms with Crippen molar-refractivity contribution in [3.8, 4) is 11.4 Å². The Bertz CT molecular complexity index is 573. The Kier molecular flexibility index (Phi) is 3.04. The summed E-state index contributed by atoms with van der Waals surface area (Å²) in [5, 5.41) is 0. The van der Waals surface area contributed by atoms with E-state index in [2.05, 4.69) is 9.97 Å². The van der Waals surface area contributed by atoms with Crippen molar-refractivity contribution in [1.29, 1.82) is 0 Å². The molecule has 2 aromatic rings. The Morgan fingerprint density at radius 3 is 2.47 bits per heavy atom. The summed E-state index contributed by atoms with van der Waals surface area (Å²) in [6.07, 6.45) is 5.16. The highest BCUT2D eigenvalue weighted by molar-refractivity contribution is 5.54. The van der Waals surface area contributed by atoms with Gasteiger partial charge >= 0.3 is 0 Å². The van der Waals surface area contributed by atoms with Gasteiger partial charge in [-0.15, -0.1) is 0 Å². The van der Waals surface area contributed by atoms with E-state index in [0.717, 1.165) is 11.1 Å². The second-order valence-electron chi connectivity index (χ2n) is 4.33. The fourth-order valence-corrected chi connectivity index (χ4v) is 1.72. The minimum Gasteiger partial charge on any atom is -0.318 e. The Balaban J connectivity index is 2.62. The van der Waals surface area contributed by atoms with Gasteiger partial charge in [-0.25, -0.2) is 9.97 Å². The van der Waals surface area contributed by atoms with Crippen molar-refractivity contribution in [3.63, 3.8) is 0 Å². The molecule has 0 unspecified atom stereocenters. The van der Waals surface area contributed by atoms with Gasteiger partial charge in [-0.05, 0) is 18.1 Å². The Labute approximate surface area is 100.0 Å². The van der Waals surface area contributed by atoms with E-state index >= 15 is 0 Å². The summed E-state index contributed by atoms with van der Waals surface area (Å²) in [5.74, 6) is 0.836. The molecule has 17 heavy (non-hydrogen) atoms. The quantitative estimate of drug-likeness (QED) is 0.791. The maximum absolute atomic E-state index is 11.9. The van der Waals surface area contributed by atoms with Gasteiger partial charge in [0.15, 0.2) is 5.82 Å². The molecule has 4 nitrogen and oxygen atoms in total. The van der Waals surface area contributed by atoms with Crippen molar-refractivity contribution >= 4 is 0 Å². The van der Waals surface area contributed by atoms with Crippen LogP contribution >= 0.6 is 0 Å². The van der Waals surface area contributed by atoms with Crippen LogP contribution in [-0.4, -0.2) is 14.5 Å². The second-order valence-corrected chi connectivity index (χ2v) is 4.33. The first-order chi connectivity index (χ1) is 8.09. The summed E-state index contributed by atoms with van der Waals surface area (Å²) in [6.45, 7) is 4.01. The van der Waals surface area contributed by atoms with E-state index in [4.69, 9.17) is 0 Å². The van der Waals surface area contributed by atoms with Gasteiger partial charge in [-0.1, -0.05) is 13.8 Å². The van der Waals surface area contributed by atoms with Crippen molar-refractivity contribution in [2.75, 3.05) is 0 Å². The average molecular weight is 229 g/mol. The zero-order valence-corrected chi connectivity index (χ0v) is 10.2. The lowest BCUT2D eigenvalue weighted by Crippen LogP contribution is -2.21. The summed E-state index contributed by atoms with van der Waals surface area (Å²) in [6, 6.07) is 3.65. The highest BCUT2D eigenvalue weighted by Crippen LogP contribution is 2.17. The Morgan fingerprint density at radius 2 is 1.88 bits per heavy atom. The summed E-state index contributed by atoms with van der Waals surface area (Å²) in [4.78, 5) is 20.3. The Hall–Kier alpha value is -1.97. The monoisotopic (exact) mass is 229 g/mol. The molecule has 4 heteroatoms. The predicted octanol–water partition coefficient (Wildman–Crippen LogP) is 1.97. The Morgan fingerprint density at radius 1 is 1.24 bits per heavy atom. The molecule has 2 aromatic heterocycles. The molecule has 0 amide bonds. The van der Waals surface area contributed by atoms with Crippen molar-refractivity contribution in [3.05, 3.63) is 46.6 Å². The van der Waals surface area contributed by atoms with Crippen molar-refractivity contribution in [2.24, 2.45) is 7.05 Å². The minimum absolute atomic E-state index is 0.0414. The number of aryl methyl sites for hydroxylation is 1. The number of hydrogen-bond donors (Lipinski definition) is 0. The van der Waals surface area contributed by atoms with E-state index in [-0.39, 0.29) is 11.5 Å². The largest absolute Gasteiger partial charge is 0.318 e. The first-order valence-corrected chi connectivity index (χ1v) is 5.57. The van der Waals surface area contributed by atoms with Crippen LogP contribution in [0.2, 0.25) is 0 Å². The molecule has 0 bridgehead atoms. The smallest absolute Gasteiger partial charge is 0.253 e. The van der Waals surface area contributed by atoms with Crippen LogP contribution in [-0.2, 0) is 7.05 Å². The molecule has 0 saturated heterocycles. The molecule has 2 heterocycles. The van der Waals surface area contributed by atoms with Crippen LogP contribution in [0.15, 0.2) is 35.5 Å². The van der Waals surface area contributed by atoms with Crippen LogP contribution in [0.3, 0.4) is 0 Å². The van der Waals surface area contributed by atoms with Crippen LogP contribution in [0.5, 0.6) is 0 Å².